The van der Waals surface area contributed by atoms with Gasteiger partial charge < -0.3 is 9.64 Å². The Morgan fingerprint density at radius 2 is 1.86 bits per heavy atom. The van der Waals surface area contributed by atoms with Crippen LogP contribution in [-0.4, -0.2) is 48.2 Å². The number of nitrogens with zero attached hydrogens (tertiary/aromatic N) is 3. The summed E-state index contributed by atoms with van der Waals surface area (Å²) in [6, 6.07) is 0. The molecule has 0 aromatic carbocycles. The van der Waals surface area contributed by atoms with Gasteiger partial charge >= 0.3 is 0 Å². The molecular formula is C17H29N3O. The molecule has 4 nitrogen and oxygen atoms in total. The smallest absolute Gasteiger partial charge is 0.130 e. The van der Waals surface area contributed by atoms with Crippen LogP contribution < -0.4 is 0 Å². The number of rotatable bonds is 7. The standard InChI is InChI=1S/C17H29N3O/c1-14(2)17-18-12-16(13-19-17)15-6-9-20(10-7-15)8-4-5-11-21-3/h12-15H,4-11H2,1-3H3. The Labute approximate surface area is 128 Å². The normalized spacial score (nSPS) is 17.5. The monoisotopic (exact) mass is 291 g/mol. The molecule has 0 unspecified atom stereocenters. The van der Waals surface area contributed by atoms with E-state index >= 15 is 0 Å². The zero-order chi connectivity index (χ0) is 15.1. The van der Waals surface area contributed by atoms with Gasteiger partial charge in [0.15, 0.2) is 0 Å². The van der Waals surface area contributed by atoms with Crippen LogP contribution in [0.1, 0.15) is 62.8 Å². The molecule has 0 atom stereocenters. The van der Waals surface area contributed by atoms with Gasteiger partial charge in [-0.3, -0.25) is 0 Å². The summed E-state index contributed by atoms with van der Waals surface area (Å²) < 4.78 is 5.10. The first-order valence-electron chi connectivity index (χ1n) is 8.24. The fourth-order valence-corrected chi connectivity index (χ4v) is 2.93. The first-order valence-corrected chi connectivity index (χ1v) is 8.24. The van der Waals surface area contributed by atoms with Crippen LogP contribution in [0.5, 0.6) is 0 Å². The van der Waals surface area contributed by atoms with Crippen molar-refractivity contribution in [2.45, 2.75) is 51.4 Å². The van der Waals surface area contributed by atoms with E-state index in [0.29, 0.717) is 11.8 Å². The van der Waals surface area contributed by atoms with Gasteiger partial charge in [-0.1, -0.05) is 13.8 Å². The summed E-state index contributed by atoms with van der Waals surface area (Å²) in [5.41, 5.74) is 1.32. The Morgan fingerprint density at radius 3 is 2.43 bits per heavy atom. The highest BCUT2D eigenvalue weighted by atomic mass is 16.5. The number of aromatic nitrogens is 2. The third kappa shape index (κ3) is 5.04. The molecule has 1 saturated heterocycles. The summed E-state index contributed by atoms with van der Waals surface area (Å²) >= 11 is 0. The quantitative estimate of drug-likeness (QED) is 0.723. The van der Waals surface area contributed by atoms with E-state index in [-0.39, 0.29) is 0 Å². The lowest BCUT2D eigenvalue weighted by Gasteiger charge is -2.31. The van der Waals surface area contributed by atoms with E-state index in [4.69, 9.17) is 4.74 Å². The van der Waals surface area contributed by atoms with E-state index in [1.807, 2.05) is 12.4 Å². The van der Waals surface area contributed by atoms with E-state index in [1.54, 1.807) is 7.11 Å². The van der Waals surface area contributed by atoms with Gasteiger partial charge in [0.05, 0.1) is 0 Å². The van der Waals surface area contributed by atoms with Crippen molar-refractivity contribution in [1.29, 1.82) is 0 Å². The largest absolute Gasteiger partial charge is 0.385 e. The van der Waals surface area contributed by atoms with Gasteiger partial charge in [-0.05, 0) is 56.8 Å². The molecule has 0 amide bonds. The number of hydrogen-bond donors (Lipinski definition) is 0. The SMILES string of the molecule is COCCCCN1CCC(c2cnc(C(C)C)nc2)CC1. The molecule has 0 bridgehead atoms. The molecule has 1 aromatic heterocycles. The van der Waals surface area contributed by atoms with Gasteiger partial charge in [0, 0.05) is 32.0 Å². The maximum atomic E-state index is 5.10. The second-order valence-corrected chi connectivity index (χ2v) is 6.35. The summed E-state index contributed by atoms with van der Waals surface area (Å²) in [6.45, 7) is 8.76. The Kier molecular flexibility index (Phi) is 6.58. The minimum Gasteiger partial charge on any atom is -0.385 e. The maximum absolute atomic E-state index is 5.10. The second kappa shape index (κ2) is 8.44. The third-order valence-electron chi connectivity index (χ3n) is 4.34. The lowest BCUT2D eigenvalue weighted by molar-refractivity contribution is 0.173. The average molecular weight is 291 g/mol. The highest BCUT2D eigenvalue weighted by Gasteiger charge is 2.20. The van der Waals surface area contributed by atoms with Crippen LogP contribution in [-0.2, 0) is 4.74 Å². The van der Waals surface area contributed by atoms with Crippen molar-refractivity contribution in [3.8, 4) is 0 Å². The van der Waals surface area contributed by atoms with Crippen LogP contribution in [0, 0.1) is 0 Å². The third-order valence-corrected chi connectivity index (χ3v) is 4.34. The van der Waals surface area contributed by atoms with Crippen LogP contribution in [0.25, 0.3) is 0 Å². The number of hydrogen-bond acceptors (Lipinski definition) is 4. The Balaban J connectivity index is 1.75. The Hall–Kier alpha value is -1.00. The fraction of sp³-hybridized carbons (Fsp3) is 0.765. The van der Waals surface area contributed by atoms with Gasteiger partial charge in [-0.25, -0.2) is 9.97 Å². The van der Waals surface area contributed by atoms with Gasteiger partial charge in [0.2, 0.25) is 0 Å². The minimum absolute atomic E-state index is 0.410. The second-order valence-electron chi connectivity index (χ2n) is 6.35. The van der Waals surface area contributed by atoms with Crippen molar-refractivity contribution >= 4 is 0 Å². The molecular weight excluding hydrogens is 262 g/mol. The van der Waals surface area contributed by atoms with Crippen molar-refractivity contribution < 1.29 is 4.74 Å². The predicted octanol–water partition coefficient (Wildman–Crippen LogP) is 3.21. The zero-order valence-corrected chi connectivity index (χ0v) is 13.7. The van der Waals surface area contributed by atoms with E-state index < -0.39 is 0 Å². The van der Waals surface area contributed by atoms with Gasteiger partial charge in [0.1, 0.15) is 5.82 Å². The highest BCUT2D eigenvalue weighted by Crippen LogP contribution is 2.27. The Bertz CT molecular complexity index is 397. The van der Waals surface area contributed by atoms with E-state index in [0.717, 1.165) is 12.4 Å². The van der Waals surface area contributed by atoms with Crippen molar-refractivity contribution in [1.82, 2.24) is 14.9 Å². The lowest BCUT2D eigenvalue weighted by atomic mass is 9.91. The molecule has 2 heterocycles. The van der Waals surface area contributed by atoms with E-state index in [9.17, 15) is 0 Å². The number of piperidine rings is 1. The molecule has 0 aliphatic carbocycles. The average Bonchev–Trinajstić information content (AvgIpc) is 2.52. The molecule has 1 fully saturated rings. The summed E-state index contributed by atoms with van der Waals surface area (Å²) in [5, 5.41) is 0. The first-order chi connectivity index (χ1) is 10.2. The van der Waals surface area contributed by atoms with Crippen LogP contribution in [0.15, 0.2) is 12.4 Å². The lowest BCUT2D eigenvalue weighted by Crippen LogP contribution is -2.33. The molecule has 0 saturated carbocycles. The van der Waals surface area contributed by atoms with Crippen LogP contribution in [0.3, 0.4) is 0 Å². The number of likely N-dealkylation sites (tertiary alicyclic amines) is 1. The van der Waals surface area contributed by atoms with Gasteiger partial charge in [-0.2, -0.15) is 0 Å². The van der Waals surface area contributed by atoms with E-state index in [1.165, 1.54) is 50.9 Å². The molecule has 4 heteroatoms. The summed E-state index contributed by atoms with van der Waals surface area (Å²) in [6.07, 6.45) is 8.96. The molecule has 2 rings (SSSR count). The number of methoxy groups -OCH3 is 1. The van der Waals surface area contributed by atoms with Crippen molar-refractivity contribution in [3.63, 3.8) is 0 Å². The predicted molar refractivity (Wildman–Crippen MR) is 85.6 cm³/mol. The van der Waals surface area contributed by atoms with Gasteiger partial charge in [-0.15, -0.1) is 0 Å². The molecule has 1 aliphatic heterocycles. The van der Waals surface area contributed by atoms with Crippen LogP contribution >= 0.6 is 0 Å². The topological polar surface area (TPSA) is 38.2 Å². The van der Waals surface area contributed by atoms with E-state index in [2.05, 4.69) is 28.7 Å². The number of ether oxygens (including phenoxy) is 1. The number of unbranched alkanes of at least 4 members (excludes halogenated alkanes) is 1. The minimum atomic E-state index is 0.410. The zero-order valence-electron chi connectivity index (χ0n) is 13.7. The van der Waals surface area contributed by atoms with Crippen molar-refractivity contribution in [2.75, 3.05) is 33.4 Å². The summed E-state index contributed by atoms with van der Waals surface area (Å²) in [5.74, 6) is 2.00. The summed E-state index contributed by atoms with van der Waals surface area (Å²) in [7, 11) is 1.78. The van der Waals surface area contributed by atoms with Crippen LogP contribution in [0.2, 0.25) is 0 Å². The molecule has 1 aliphatic rings. The van der Waals surface area contributed by atoms with Crippen LogP contribution in [0.4, 0.5) is 0 Å². The molecule has 0 radical (unpaired) electrons. The molecule has 118 valence electrons. The summed E-state index contributed by atoms with van der Waals surface area (Å²) in [4.78, 5) is 11.6. The molecule has 1 aromatic rings. The van der Waals surface area contributed by atoms with Crippen molar-refractivity contribution in [3.05, 3.63) is 23.8 Å². The molecule has 0 spiro atoms. The first kappa shape index (κ1) is 16.4. The molecule has 0 N–H and O–H groups in total. The molecule has 21 heavy (non-hydrogen) atoms. The highest BCUT2D eigenvalue weighted by molar-refractivity contribution is 5.13. The fourth-order valence-electron chi connectivity index (χ4n) is 2.93. The maximum Gasteiger partial charge on any atom is 0.130 e. The Morgan fingerprint density at radius 1 is 1.19 bits per heavy atom. The van der Waals surface area contributed by atoms with Crippen molar-refractivity contribution in [2.24, 2.45) is 0 Å². The van der Waals surface area contributed by atoms with Gasteiger partial charge in [0.25, 0.3) is 0 Å².